The molecule has 5 rings (SSSR count). The van der Waals surface area contributed by atoms with E-state index >= 15 is 0 Å². The Morgan fingerprint density at radius 1 is 0.962 bits per heavy atom. The first-order chi connectivity index (χ1) is 12.4. The van der Waals surface area contributed by atoms with E-state index in [1.807, 2.05) is 0 Å². The first-order valence-electron chi connectivity index (χ1n) is 9.09. The highest BCUT2D eigenvalue weighted by Crippen LogP contribution is 2.60. The topological polar surface area (TPSA) is 67.4 Å². The van der Waals surface area contributed by atoms with Crippen LogP contribution in [0.1, 0.15) is 48.9 Å². The van der Waals surface area contributed by atoms with E-state index in [-0.39, 0.29) is 22.6 Å². The molecule has 0 aromatic heterocycles. The van der Waals surface area contributed by atoms with Crippen molar-refractivity contribution in [2.75, 3.05) is 0 Å². The molecule has 26 heavy (non-hydrogen) atoms. The zero-order chi connectivity index (χ0) is 18.3. The number of carbonyl (C=O) groups is 2. The van der Waals surface area contributed by atoms with Gasteiger partial charge in [0.05, 0.1) is 5.41 Å². The van der Waals surface area contributed by atoms with Crippen molar-refractivity contribution in [2.45, 2.75) is 45.1 Å². The molecule has 4 bridgehead atoms. The molecule has 5 nitrogen and oxygen atoms in total. The van der Waals surface area contributed by atoms with Crippen molar-refractivity contribution in [3.05, 3.63) is 29.8 Å². The number of amides is 2. The van der Waals surface area contributed by atoms with Gasteiger partial charge in [0.2, 0.25) is 5.91 Å². The molecule has 0 heterocycles. The molecule has 0 atom stereocenters. The Balaban J connectivity index is 1.35. The summed E-state index contributed by atoms with van der Waals surface area (Å²) in [4.78, 5) is 25.0. The maximum atomic E-state index is 12.8. The molecule has 2 N–H and O–H groups in total. The molecule has 4 fully saturated rings. The van der Waals surface area contributed by atoms with Crippen LogP contribution in [0.4, 0.5) is 8.78 Å². The smallest absolute Gasteiger partial charge is 0.387 e. The number of rotatable bonds is 4. The summed E-state index contributed by atoms with van der Waals surface area (Å²) in [7, 11) is 0. The molecule has 0 aliphatic heterocycles. The summed E-state index contributed by atoms with van der Waals surface area (Å²) >= 11 is 0. The predicted octanol–water partition coefficient (Wildman–Crippen LogP) is 3.27. The molecule has 140 valence electrons. The van der Waals surface area contributed by atoms with Gasteiger partial charge in [-0.3, -0.25) is 20.4 Å². The number of hydrazine groups is 1. The van der Waals surface area contributed by atoms with Crippen molar-refractivity contribution in [2.24, 2.45) is 23.2 Å². The summed E-state index contributed by atoms with van der Waals surface area (Å²) in [6, 6.07) is 5.35. The van der Waals surface area contributed by atoms with E-state index in [0.29, 0.717) is 17.8 Å². The van der Waals surface area contributed by atoms with Gasteiger partial charge in [-0.15, -0.1) is 0 Å². The van der Waals surface area contributed by atoms with Crippen LogP contribution in [0.5, 0.6) is 5.75 Å². The molecule has 0 spiro atoms. The Bertz CT molecular complexity index is 670. The fourth-order valence-electron chi connectivity index (χ4n) is 5.49. The molecule has 4 saturated carbocycles. The largest absolute Gasteiger partial charge is 0.435 e. The van der Waals surface area contributed by atoms with Gasteiger partial charge in [-0.25, -0.2) is 0 Å². The monoisotopic (exact) mass is 364 g/mol. The number of alkyl halides is 2. The first-order valence-corrected chi connectivity index (χ1v) is 9.09. The third-order valence-electron chi connectivity index (χ3n) is 6.15. The van der Waals surface area contributed by atoms with Crippen molar-refractivity contribution < 1.29 is 23.1 Å². The maximum absolute atomic E-state index is 12.8. The van der Waals surface area contributed by atoms with Crippen LogP contribution in [0.3, 0.4) is 0 Å². The lowest BCUT2D eigenvalue weighted by Crippen LogP contribution is -2.56. The van der Waals surface area contributed by atoms with Crippen molar-refractivity contribution in [3.8, 4) is 5.75 Å². The minimum atomic E-state index is -2.91. The number of hydrogen-bond acceptors (Lipinski definition) is 3. The Morgan fingerprint density at radius 3 is 2.00 bits per heavy atom. The summed E-state index contributed by atoms with van der Waals surface area (Å²) in [6.07, 6.45) is 6.48. The fraction of sp³-hybridized carbons (Fsp3) is 0.579. The summed E-state index contributed by atoms with van der Waals surface area (Å²) in [5.74, 6) is 1.34. The van der Waals surface area contributed by atoms with Crippen molar-refractivity contribution in [1.82, 2.24) is 10.9 Å². The molecular formula is C19H22F2N2O3. The summed E-state index contributed by atoms with van der Waals surface area (Å²) < 4.78 is 28.5. The van der Waals surface area contributed by atoms with Crippen LogP contribution < -0.4 is 15.6 Å². The van der Waals surface area contributed by atoms with Gasteiger partial charge in [0.25, 0.3) is 5.91 Å². The van der Waals surface area contributed by atoms with Crippen molar-refractivity contribution in [1.29, 1.82) is 0 Å². The van der Waals surface area contributed by atoms with Crippen LogP contribution in [-0.2, 0) is 4.79 Å². The second kappa shape index (κ2) is 6.52. The van der Waals surface area contributed by atoms with E-state index in [2.05, 4.69) is 15.6 Å². The summed E-state index contributed by atoms with van der Waals surface area (Å²) in [5, 5.41) is 0. The maximum Gasteiger partial charge on any atom is 0.387 e. The molecule has 0 radical (unpaired) electrons. The van der Waals surface area contributed by atoms with Crippen LogP contribution in [0.25, 0.3) is 0 Å². The highest BCUT2D eigenvalue weighted by Gasteiger charge is 2.54. The number of benzene rings is 1. The zero-order valence-corrected chi connectivity index (χ0v) is 14.3. The SMILES string of the molecule is O=C(NNC(=O)C12CC3CC(CC(C3)C1)C2)c1ccc(OC(F)F)cc1. The number of nitrogens with one attached hydrogen (secondary N) is 2. The summed E-state index contributed by atoms with van der Waals surface area (Å²) in [6.45, 7) is -2.91. The summed E-state index contributed by atoms with van der Waals surface area (Å²) in [5.41, 5.74) is 4.98. The average molecular weight is 364 g/mol. The van der Waals surface area contributed by atoms with Gasteiger partial charge in [-0.2, -0.15) is 8.78 Å². The van der Waals surface area contributed by atoms with E-state index in [4.69, 9.17) is 0 Å². The number of carbonyl (C=O) groups excluding carboxylic acids is 2. The van der Waals surface area contributed by atoms with Gasteiger partial charge < -0.3 is 4.74 Å². The van der Waals surface area contributed by atoms with Crippen LogP contribution in [0.2, 0.25) is 0 Å². The third-order valence-corrected chi connectivity index (χ3v) is 6.15. The Hall–Kier alpha value is -2.18. The minimum Gasteiger partial charge on any atom is -0.435 e. The number of ether oxygens (including phenoxy) is 1. The first kappa shape index (κ1) is 17.2. The Kier molecular flexibility index (Phi) is 4.32. The lowest BCUT2D eigenvalue weighted by atomic mass is 9.49. The normalized spacial score (nSPS) is 31.7. The predicted molar refractivity (Wildman–Crippen MR) is 89.3 cm³/mol. The van der Waals surface area contributed by atoms with E-state index in [0.717, 1.165) is 19.3 Å². The van der Waals surface area contributed by atoms with Crippen molar-refractivity contribution >= 4 is 11.8 Å². The Morgan fingerprint density at radius 2 is 1.50 bits per heavy atom. The molecule has 4 aliphatic carbocycles. The van der Waals surface area contributed by atoms with Gasteiger partial charge in [0.15, 0.2) is 0 Å². The molecule has 4 aliphatic rings. The second-order valence-electron chi connectivity index (χ2n) is 8.01. The minimum absolute atomic E-state index is 0.0193. The fourth-order valence-corrected chi connectivity index (χ4v) is 5.49. The lowest BCUT2D eigenvalue weighted by Gasteiger charge is -2.55. The second-order valence-corrected chi connectivity index (χ2v) is 8.01. The van der Waals surface area contributed by atoms with E-state index < -0.39 is 12.5 Å². The van der Waals surface area contributed by atoms with Crippen LogP contribution in [-0.4, -0.2) is 18.4 Å². The van der Waals surface area contributed by atoms with Gasteiger partial charge in [0.1, 0.15) is 5.75 Å². The molecule has 1 aromatic rings. The standard InChI is InChI=1S/C19H22F2N2O3/c20-18(21)26-15-3-1-14(2-4-15)16(24)22-23-17(25)19-8-11-5-12(9-19)7-13(6-11)10-19/h1-4,11-13,18H,5-10H2,(H,22,24)(H,23,25). The number of hydrogen-bond donors (Lipinski definition) is 2. The average Bonchev–Trinajstić information content (AvgIpc) is 2.58. The molecule has 0 saturated heterocycles. The number of halogens is 2. The zero-order valence-electron chi connectivity index (χ0n) is 14.3. The van der Waals surface area contributed by atoms with E-state index in [1.165, 1.54) is 43.5 Å². The quantitative estimate of drug-likeness (QED) is 0.806. The van der Waals surface area contributed by atoms with E-state index in [1.54, 1.807) is 0 Å². The Labute approximate surface area is 150 Å². The van der Waals surface area contributed by atoms with Gasteiger partial charge >= 0.3 is 6.61 Å². The molecule has 0 unspecified atom stereocenters. The molecule has 7 heteroatoms. The lowest BCUT2D eigenvalue weighted by molar-refractivity contribution is -0.147. The molecular weight excluding hydrogens is 342 g/mol. The van der Waals surface area contributed by atoms with Crippen LogP contribution >= 0.6 is 0 Å². The highest BCUT2D eigenvalue weighted by molar-refractivity contribution is 5.96. The highest BCUT2D eigenvalue weighted by atomic mass is 19.3. The van der Waals surface area contributed by atoms with E-state index in [9.17, 15) is 18.4 Å². The van der Waals surface area contributed by atoms with Gasteiger partial charge in [-0.1, -0.05) is 0 Å². The molecule has 2 amide bonds. The molecule has 1 aromatic carbocycles. The van der Waals surface area contributed by atoms with Crippen LogP contribution in [0.15, 0.2) is 24.3 Å². The van der Waals surface area contributed by atoms with Gasteiger partial charge in [-0.05, 0) is 80.5 Å². The van der Waals surface area contributed by atoms with Gasteiger partial charge in [0, 0.05) is 5.56 Å². The third kappa shape index (κ3) is 3.27. The van der Waals surface area contributed by atoms with Crippen LogP contribution in [0, 0.1) is 23.2 Å². The van der Waals surface area contributed by atoms with Crippen molar-refractivity contribution in [3.63, 3.8) is 0 Å².